The van der Waals surface area contributed by atoms with Gasteiger partial charge in [-0.3, -0.25) is 16.2 Å². The number of fused-ring (bicyclic) bond motifs is 1. The van der Waals surface area contributed by atoms with Crippen molar-refractivity contribution in [3.8, 4) is 11.4 Å². The zero-order valence-electron chi connectivity index (χ0n) is 14.8. The molecule has 0 saturated heterocycles. The lowest BCUT2D eigenvalue weighted by atomic mass is 10.2. The van der Waals surface area contributed by atoms with E-state index in [1.165, 1.54) is 11.3 Å². The van der Waals surface area contributed by atoms with Crippen LogP contribution in [0.1, 0.15) is 5.69 Å². The number of rotatable bonds is 4. The molecule has 2 amide bonds. The van der Waals surface area contributed by atoms with E-state index in [9.17, 15) is 4.79 Å². The Bertz CT molecular complexity index is 1200. The molecule has 0 aliphatic heterocycles. The summed E-state index contributed by atoms with van der Waals surface area (Å²) < 4.78 is 1.69. The normalized spacial score (nSPS) is 10.9. The highest BCUT2D eigenvalue weighted by atomic mass is 35.5. The number of amides is 2. The molecule has 3 N–H and O–H groups in total. The van der Waals surface area contributed by atoms with E-state index in [-0.39, 0.29) is 0 Å². The van der Waals surface area contributed by atoms with Gasteiger partial charge in [-0.05, 0) is 49.4 Å². The number of nitrogens with zero attached hydrogens (tertiary/aromatic N) is 3. The number of hydrogen-bond donors (Lipinski definition) is 3. The standard InChI is InChI=1S/C18H13Cl3N6OS/c1-9-16(23-17(28)25-24-14-7-6-12(20)8-13(14)21)29-18-22-15(26-27(9)18)10-2-4-11(19)5-3-10/h2-8,24H,1H3,(H2,23,25,28). The number of hydrogen-bond acceptors (Lipinski definition) is 5. The average molecular weight is 468 g/mol. The SMILES string of the molecule is Cc1c(NC(=O)NNc2ccc(Cl)cc2Cl)sc2nc(-c3ccc(Cl)cc3)nn12. The molecular formula is C18H13Cl3N6OS. The zero-order valence-corrected chi connectivity index (χ0v) is 17.9. The maximum absolute atomic E-state index is 12.2. The third-order valence-electron chi connectivity index (χ3n) is 3.99. The van der Waals surface area contributed by atoms with Crippen LogP contribution in [0.2, 0.25) is 15.1 Å². The summed E-state index contributed by atoms with van der Waals surface area (Å²) in [7, 11) is 0. The molecule has 29 heavy (non-hydrogen) atoms. The fourth-order valence-electron chi connectivity index (χ4n) is 2.53. The van der Waals surface area contributed by atoms with Gasteiger partial charge in [0.05, 0.1) is 16.4 Å². The quantitative estimate of drug-likeness (QED) is 0.328. The van der Waals surface area contributed by atoms with Gasteiger partial charge in [-0.2, -0.15) is 4.98 Å². The molecule has 0 fully saturated rings. The number of hydrazine groups is 1. The first kappa shape index (κ1) is 19.8. The predicted molar refractivity (Wildman–Crippen MR) is 118 cm³/mol. The van der Waals surface area contributed by atoms with E-state index in [4.69, 9.17) is 34.8 Å². The van der Waals surface area contributed by atoms with Gasteiger partial charge < -0.3 is 0 Å². The summed E-state index contributed by atoms with van der Waals surface area (Å²) in [5.41, 5.74) is 7.43. The monoisotopic (exact) mass is 466 g/mol. The van der Waals surface area contributed by atoms with Crippen molar-refractivity contribution < 1.29 is 4.79 Å². The fourth-order valence-corrected chi connectivity index (χ4v) is 4.07. The number of halogens is 3. The number of carbonyl (C=O) groups is 1. The number of nitrogens with one attached hydrogen (secondary N) is 3. The Morgan fingerprint density at radius 3 is 2.48 bits per heavy atom. The third-order valence-corrected chi connectivity index (χ3v) is 5.84. The number of benzene rings is 2. The zero-order chi connectivity index (χ0) is 20.5. The molecule has 4 aromatic rings. The van der Waals surface area contributed by atoms with Gasteiger partial charge in [0, 0.05) is 15.6 Å². The summed E-state index contributed by atoms with van der Waals surface area (Å²) in [6.07, 6.45) is 0. The van der Waals surface area contributed by atoms with Crippen molar-refractivity contribution in [2.75, 3.05) is 10.7 Å². The maximum atomic E-state index is 12.2. The Kier molecular flexibility index (Phi) is 5.51. The van der Waals surface area contributed by atoms with Crippen LogP contribution in [0.4, 0.5) is 15.5 Å². The van der Waals surface area contributed by atoms with E-state index >= 15 is 0 Å². The lowest BCUT2D eigenvalue weighted by molar-refractivity contribution is 0.254. The first-order valence-corrected chi connectivity index (χ1v) is 10.3. The Hall–Kier alpha value is -2.52. The molecule has 2 aromatic heterocycles. The minimum Gasteiger partial charge on any atom is -0.296 e. The number of thiazole rings is 1. The Balaban J connectivity index is 1.46. The van der Waals surface area contributed by atoms with Crippen LogP contribution in [-0.2, 0) is 0 Å². The third kappa shape index (κ3) is 4.25. The second-order valence-electron chi connectivity index (χ2n) is 5.98. The van der Waals surface area contributed by atoms with Crippen LogP contribution < -0.4 is 16.2 Å². The summed E-state index contributed by atoms with van der Waals surface area (Å²) in [6.45, 7) is 1.85. The van der Waals surface area contributed by atoms with Gasteiger partial charge in [-0.1, -0.05) is 46.1 Å². The van der Waals surface area contributed by atoms with Crippen molar-refractivity contribution in [3.05, 3.63) is 63.2 Å². The first-order chi connectivity index (χ1) is 13.9. The van der Waals surface area contributed by atoms with Crippen molar-refractivity contribution >= 4 is 67.8 Å². The van der Waals surface area contributed by atoms with Crippen molar-refractivity contribution in [2.45, 2.75) is 6.92 Å². The van der Waals surface area contributed by atoms with Crippen LogP contribution in [0, 0.1) is 6.92 Å². The first-order valence-electron chi connectivity index (χ1n) is 8.31. The van der Waals surface area contributed by atoms with Gasteiger partial charge in [0.1, 0.15) is 5.00 Å². The van der Waals surface area contributed by atoms with E-state index in [0.717, 1.165) is 11.3 Å². The number of carbonyl (C=O) groups excluding carboxylic acids is 1. The Labute approximate surface area is 184 Å². The highest BCUT2D eigenvalue weighted by Gasteiger charge is 2.16. The number of aryl methyl sites for hydroxylation is 1. The van der Waals surface area contributed by atoms with Gasteiger partial charge >= 0.3 is 6.03 Å². The topological polar surface area (TPSA) is 83.4 Å². The molecule has 0 aliphatic carbocycles. The lowest BCUT2D eigenvalue weighted by Gasteiger charge is -2.10. The van der Waals surface area contributed by atoms with Crippen LogP contribution in [0.25, 0.3) is 16.3 Å². The van der Waals surface area contributed by atoms with Crippen LogP contribution in [0.5, 0.6) is 0 Å². The van der Waals surface area contributed by atoms with Crippen LogP contribution in [0.15, 0.2) is 42.5 Å². The molecule has 0 saturated carbocycles. The van der Waals surface area contributed by atoms with Gasteiger partial charge in [0.15, 0.2) is 5.82 Å². The van der Waals surface area contributed by atoms with Gasteiger partial charge in [-0.15, -0.1) is 5.10 Å². The lowest BCUT2D eigenvalue weighted by Crippen LogP contribution is -2.33. The summed E-state index contributed by atoms with van der Waals surface area (Å²) >= 11 is 19.2. The molecule has 148 valence electrons. The fraction of sp³-hybridized carbons (Fsp3) is 0.0556. The summed E-state index contributed by atoms with van der Waals surface area (Å²) in [5, 5.41) is 9.46. The second-order valence-corrected chi connectivity index (χ2v) is 8.24. The molecule has 0 spiro atoms. The molecule has 7 nitrogen and oxygen atoms in total. The summed E-state index contributed by atoms with van der Waals surface area (Å²) in [6, 6.07) is 11.7. The van der Waals surface area contributed by atoms with E-state index < -0.39 is 6.03 Å². The molecule has 0 unspecified atom stereocenters. The molecule has 0 aliphatic rings. The Morgan fingerprint density at radius 2 is 1.79 bits per heavy atom. The smallest absolute Gasteiger partial charge is 0.296 e. The highest BCUT2D eigenvalue weighted by Crippen LogP contribution is 2.29. The van der Waals surface area contributed by atoms with Crippen molar-refractivity contribution in [3.63, 3.8) is 0 Å². The van der Waals surface area contributed by atoms with E-state index in [1.54, 1.807) is 34.8 Å². The van der Waals surface area contributed by atoms with Crippen LogP contribution in [-0.4, -0.2) is 20.6 Å². The molecule has 2 aromatic carbocycles. The average Bonchev–Trinajstić information content (AvgIpc) is 3.21. The molecule has 0 radical (unpaired) electrons. The highest BCUT2D eigenvalue weighted by molar-refractivity contribution is 7.21. The number of urea groups is 1. The van der Waals surface area contributed by atoms with E-state index in [0.29, 0.717) is 36.5 Å². The van der Waals surface area contributed by atoms with Crippen molar-refractivity contribution in [2.24, 2.45) is 0 Å². The minimum absolute atomic E-state index is 0.391. The summed E-state index contributed by atoms with van der Waals surface area (Å²) in [4.78, 5) is 17.4. The van der Waals surface area contributed by atoms with Crippen molar-refractivity contribution in [1.29, 1.82) is 0 Å². The molecule has 4 rings (SSSR count). The largest absolute Gasteiger partial charge is 0.338 e. The number of anilines is 2. The van der Waals surface area contributed by atoms with E-state index in [2.05, 4.69) is 26.3 Å². The van der Waals surface area contributed by atoms with Crippen LogP contribution >= 0.6 is 46.1 Å². The molecule has 11 heteroatoms. The van der Waals surface area contributed by atoms with Gasteiger partial charge in [0.2, 0.25) is 4.96 Å². The van der Waals surface area contributed by atoms with Crippen LogP contribution in [0.3, 0.4) is 0 Å². The molecular weight excluding hydrogens is 455 g/mol. The van der Waals surface area contributed by atoms with Crippen molar-refractivity contribution in [1.82, 2.24) is 20.0 Å². The summed E-state index contributed by atoms with van der Waals surface area (Å²) in [5.74, 6) is 0.589. The number of aromatic nitrogens is 3. The minimum atomic E-state index is -0.457. The molecule has 0 bridgehead atoms. The van der Waals surface area contributed by atoms with E-state index in [1.807, 2.05) is 19.1 Å². The Morgan fingerprint density at radius 1 is 1.07 bits per heavy atom. The predicted octanol–water partition coefficient (Wildman–Crippen LogP) is 5.88. The molecule has 2 heterocycles. The molecule has 0 atom stereocenters. The van der Waals surface area contributed by atoms with Gasteiger partial charge in [-0.25, -0.2) is 9.31 Å². The van der Waals surface area contributed by atoms with Gasteiger partial charge in [0.25, 0.3) is 0 Å². The second kappa shape index (κ2) is 8.08. The maximum Gasteiger partial charge on any atom is 0.338 e.